The van der Waals surface area contributed by atoms with Gasteiger partial charge >= 0.3 is 0 Å². The average molecular weight is 397 g/mol. The van der Waals surface area contributed by atoms with Crippen molar-refractivity contribution < 1.29 is 8.42 Å². The lowest BCUT2D eigenvalue weighted by molar-refractivity contribution is 0.601. The fourth-order valence-electron chi connectivity index (χ4n) is 1.23. The van der Waals surface area contributed by atoms with Crippen LogP contribution in [0.1, 0.15) is 0 Å². The second kappa shape index (κ2) is 5.09. The number of rotatable bonds is 3. The summed E-state index contributed by atoms with van der Waals surface area (Å²) in [4.78, 5) is 0.215. The zero-order valence-electron chi connectivity index (χ0n) is 8.35. The molecule has 90 valence electrons. The Morgan fingerprint density at radius 3 is 2.53 bits per heavy atom. The Balaban J connectivity index is 2.38. The Morgan fingerprint density at radius 1 is 1.18 bits per heavy atom. The zero-order chi connectivity index (χ0) is 12.5. The van der Waals surface area contributed by atoms with E-state index in [1.165, 1.54) is 11.3 Å². The van der Waals surface area contributed by atoms with Gasteiger partial charge in [0, 0.05) is 14.3 Å². The van der Waals surface area contributed by atoms with Crippen LogP contribution in [-0.4, -0.2) is 8.42 Å². The Kier molecular flexibility index (Phi) is 3.92. The van der Waals surface area contributed by atoms with Gasteiger partial charge in [-0.2, -0.15) is 11.3 Å². The van der Waals surface area contributed by atoms with Crippen LogP contribution in [0.5, 0.6) is 0 Å². The van der Waals surface area contributed by atoms with Gasteiger partial charge in [-0.25, -0.2) is 8.42 Å². The molecule has 0 amide bonds. The van der Waals surface area contributed by atoms with Crippen LogP contribution in [-0.2, 0) is 10.0 Å². The van der Waals surface area contributed by atoms with Gasteiger partial charge in [-0.05, 0) is 45.6 Å². The maximum atomic E-state index is 12.1. The van der Waals surface area contributed by atoms with Crippen LogP contribution in [0.4, 0.5) is 5.69 Å². The van der Waals surface area contributed by atoms with E-state index in [9.17, 15) is 8.42 Å². The second-order valence-corrected chi connectivity index (χ2v) is 7.39. The first kappa shape index (κ1) is 13.1. The highest BCUT2D eigenvalue weighted by atomic mass is 79.9. The predicted molar refractivity (Wildman–Crippen MR) is 77.0 cm³/mol. The summed E-state index contributed by atoms with van der Waals surface area (Å²) in [5, 5.41) is 3.55. The van der Waals surface area contributed by atoms with Crippen molar-refractivity contribution in [3.63, 3.8) is 0 Å². The molecule has 1 heterocycles. The number of halogens is 2. The summed E-state index contributed by atoms with van der Waals surface area (Å²) < 4.78 is 28.0. The molecule has 1 aromatic carbocycles. The summed E-state index contributed by atoms with van der Waals surface area (Å²) in [5.41, 5.74) is 0.574. The van der Waals surface area contributed by atoms with E-state index in [2.05, 4.69) is 36.6 Å². The van der Waals surface area contributed by atoms with E-state index < -0.39 is 10.0 Å². The summed E-state index contributed by atoms with van der Waals surface area (Å²) in [6.07, 6.45) is 0. The first-order chi connectivity index (χ1) is 7.99. The van der Waals surface area contributed by atoms with Gasteiger partial charge in [0.05, 0.1) is 5.69 Å². The minimum absolute atomic E-state index is 0.215. The van der Waals surface area contributed by atoms with Crippen molar-refractivity contribution in [2.24, 2.45) is 0 Å². The summed E-state index contributed by atoms with van der Waals surface area (Å²) in [7, 11) is -3.54. The molecule has 1 aromatic heterocycles. The van der Waals surface area contributed by atoms with Gasteiger partial charge in [0.1, 0.15) is 4.90 Å². The molecule has 1 N–H and O–H groups in total. The Bertz CT molecular complexity index is 624. The third-order valence-electron chi connectivity index (χ3n) is 1.96. The van der Waals surface area contributed by atoms with Gasteiger partial charge in [0.2, 0.25) is 0 Å². The molecule has 2 aromatic rings. The molecule has 7 heteroatoms. The highest BCUT2D eigenvalue weighted by Crippen LogP contribution is 2.27. The van der Waals surface area contributed by atoms with Crippen LogP contribution < -0.4 is 4.72 Å². The molecule has 0 atom stereocenters. The molecule has 0 bridgehead atoms. The Labute approximate surface area is 120 Å². The minimum atomic E-state index is -3.54. The number of nitrogens with one attached hydrogen (secondary N) is 1. The molecular weight excluding hydrogens is 390 g/mol. The van der Waals surface area contributed by atoms with Gasteiger partial charge in [-0.3, -0.25) is 4.72 Å². The first-order valence-corrected chi connectivity index (χ1v) is 8.50. The van der Waals surface area contributed by atoms with Gasteiger partial charge < -0.3 is 0 Å². The van der Waals surface area contributed by atoms with Crippen molar-refractivity contribution in [3.8, 4) is 0 Å². The summed E-state index contributed by atoms with van der Waals surface area (Å²) >= 11 is 7.96. The van der Waals surface area contributed by atoms with Crippen molar-refractivity contribution in [1.82, 2.24) is 0 Å². The molecule has 3 nitrogen and oxygen atoms in total. The number of hydrogen-bond donors (Lipinski definition) is 1. The molecule has 0 aliphatic heterocycles. The highest BCUT2D eigenvalue weighted by molar-refractivity contribution is 9.11. The van der Waals surface area contributed by atoms with Crippen molar-refractivity contribution in [2.45, 2.75) is 4.90 Å². The van der Waals surface area contributed by atoms with Crippen LogP contribution in [0.15, 0.2) is 48.9 Å². The molecule has 0 saturated carbocycles. The second-order valence-electron chi connectivity index (χ2n) is 3.19. The number of hydrogen-bond acceptors (Lipinski definition) is 3. The van der Waals surface area contributed by atoms with Gasteiger partial charge in [-0.15, -0.1) is 0 Å². The predicted octanol–water partition coefficient (Wildman–Crippen LogP) is 4.07. The normalized spacial score (nSPS) is 11.4. The van der Waals surface area contributed by atoms with Gasteiger partial charge in [0.15, 0.2) is 0 Å². The third kappa shape index (κ3) is 3.09. The number of anilines is 1. The van der Waals surface area contributed by atoms with Crippen molar-refractivity contribution in [3.05, 3.63) is 44.0 Å². The molecule has 0 aliphatic rings. The standard InChI is InChI=1S/C10H7Br2NO2S2/c11-7-1-2-10(9(12)5-7)17(14,15)13-8-3-4-16-6-8/h1-6,13H. The molecule has 0 radical (unpaired) electrons. The quantitative estimate of drug-likeness (QED) is 0.849. The largest absolute Gasteiger partial charge is 0.279 e. The fourth-order valence-corrected chi connectivity index (χ4v) is 4.68. The van der Waals surface area contributed by atoms with E-state index >= 15 is 0 Å². The summed E-state index contributed by atoms with van der Waals surface area (Å²) in [5.74, 6) is 0. The maximum absolute atomic E-state index is 12.1. The van der Waals surface area contributed by atoms with E-state index in [4.69, 9.17) is 0 Å². The van der Waals surface area contributed by atoms with Gasteiger partial charge in [0.25, 0.3) is 10.0 Å². The van der Waals surface area contributed by atoms with Crippen LogP contribution in [0.2, 0.25) is 0 Å². The van der Waals surface area contributed by atoms with Gasteiger partial charge in [-0.1, -0.05) is 15.9 Å². The first-order valence-electron chi connectivity index (χ1n) is 4.49. The van der Waals surface area contributed by atoms with Crippen molar-refractivity contribution in [2.75, 3.05) is 4.72 Å². The van der Waals surface area contributed by atoms with Crippen LogP contribution in [0.25, 0.3) is 0 Å². The molecule has 0 aliphatic carbocycles. The average Bonchev–Trinajstić information content (AvgIpc) is 2.68. The Morgan fingerprint density at radius 2 is 1.94 bits per heavy atom. The SMILES string of the molecule is O=S(=O)(Nc1ccsc1)c1ccc(Br)cc1Br. The third-order valence-corrected chi connectivity index (χ3v) is 5.49. The topological polar surface area (TPSA) is 46.2 Å². The number of sulfonamides is 1. The minimum Gasteiger partial charge on any atom is -0.279 e. The Hall–Kier alpha value is -0.370. The zero-order valence-corrected chi connectivity index (χ0v) is 13.2. The molecule has 0 unspecified atom stereocenters. The van der Waals surface area contributed by atoms with Crippen LogP contribution in [0, 0.1) is 0 Å². The molecule has 2 rings (SSSR count). The highest BCUT2D eigenvalue weighted by Gasteiger charge is 2.17. The summed E-state index contributed by atoms with van der Waals surface area (Å²) in [6, 6.07) is 6.65. The van der Waals surface area contributed by atoms with Crippen LogP contribution >= 0.6 is 43.2 Å². The fraction of sp³-hybridized carbons (Fsp3) is 0. The van der Waals surface area contributed by atoms with E-state index in [-0.39, 0.29) is 4.90 Å². The van der Waals surface area contributed by atoms with Crippen molar-refractivity contribution >= 4 is 58.9 Å². The molecule has 17 heavy (non-hydrogen) atoms. The number of benzene rings is 1. The van der Waals surface area contributed by atoms with E-state index in [1.807, 2.05) is 5.38 Å². The molecule has 0 saturated heterocycles. The lowest BCUT2D eigenvalue weighted by Crippen LogP contribution is -2.12. The maximum Gasteiger partial charge on any atom is 0.263 e. The summed E-state index contributed by atoms with van der Waals surface area (Å²) in [6.45, 7) is 0. The van der Waals surface area contributed by atoms with E-state index in [0.29, 0.717) is 10.2 Å². The molecular formula is C10H7Br2NO2S2. The van der Waals surface area contributed by atoms with Crippen molar-refractivity contribution in [1.29, 1.82) is 0 Å². The molecule has 0 fully saturated rings. The lowest BCUT2D eigenvalue weighted by atomic mass is 10.4. The van der Waals surface area contributed by atoms with E-state index in [0.717, 1.165) is 4.47 Å². The smallest absolute Gasteiger partial charge is 0.263 e. The number of thiophene rings is 1. The lowest BCUT2D eigenvalue weighted by Gasteiger charge is -2.08. The molecule has 0 spiro atoms. The van der Waals surface area contributed by atoms with Crippen LogP contribution in [0.3, 0.4) is 0 Å². The van der Waals surface area contributed by atoms with E-state index in [1.54, 1.807) is 29.6 Å². The monoisotopic (exact) mass is 395 g/mol.